The number of aliphatic imine (C=N–C) groups is 1. The van der Waals surface area contributed by atoms with Crippen molar-refractivity contribution in [3.63, 3.8) is 0 Å². The third-order valence-electron chi connectivity index (χ3n) is 3.23. The number of likely N-dealkylation sites (tertiary alicyclic amines) is 1. The van der Waals surface area contributed by atoms with Gasteiger partial charge in [-0.25, -0.2) is 9.98 Å². The summed E-state index contributed by atoms with van der Waals surface area (Å²) in [5.74, 6) is 1.03. The fourth-order valence-corrected chi connectivity index (χ4v) is 4.29. The highest BCUT2D eigenvalue weighted by Gasteiger charge is 2.18. The molecule has 0 unspecified atom stereocenters. The number of rotatable bonds is 2. The lowest BCUT2D eigenvalue weighted by molar-refractivity contribution is 0.550. The van der Waals surface area contributed by atoms with Gasteiger partial charge in [0.15, 0.2) is 0 Å². The van der Waals surface area contributed by atoms with Crippen LogP contribution >= 0.6 is 46.3 Å². The number of amidine groups is 1. The molecule has 1 fully saturated rings. The van der Waals surface area contributed by atoms with E-state index in [-0.39, 0.29) is 0 Å². The van der Waals surface area contributed by atoms with Gasteiger partial charge in [0, 0.05) is 20.0 Å². The topological polar surface area (TPSA) is 52.3 Å². The maximum absolute atomic E-state index is 8.89. The second kappa shape index (κ2) is 6.01. The lowest BCUT2D eigenvalue weighted by Crippen LogP contribution is -2.18. The molecule has 0 bridgehead atoms. The summed E-state index contributed by atoms with van der Waals surface area (Å²) in [7, 11) is 2.03. The molecule has 0 atom stereocenters. The Balaban J connectivity index is 2.13. The van der Waals surface area contributed by atoms with Crippen molar-refractivity contribution in [3.8, 4) is 5.40 Å². The van der Waals surface area contributed by atoms with E-state index in [1.54, 1.807) is 6.07 Å². The Morgan fingerprint density at radius 3 is 3.00 bits per heavy atom. The van der Waals surface area contributed by atoms with Crippen molar-refractivity contribution in [1.29, 1.82) is 5.26 Å². The lowest BCUT2D eigenvalue weighted by Gasteiger charge is -2.09. The van der Waals surface area contributed by atoms with E-state index >= 15 is 0 Å². The number of halogens is 2. The molecular formula is C13H10Cl2N4S2. The molecule has 0 radical (unpaired) electrons. The van der Waals surface area contributed by atoms with E-state index in [1.807, 2.05) is 12.4 Å². The number of aromatic nitrogens is 1. The van der Waals surface area contributed by atoms with Gasteiger partial charge < -0.3 is 4.90 Å². The summed E-state index contributed by atoms with van der Waals surface area (Å²) in [6, 6.07) is 1.68. The number of nitriles is 1. The minimum Gasteiger partial charge on any atom is -0.363 e. The predicted octanol–water partition coefficient (Wildman–Crippen LogP) is 4.93. The zero-order chi connectivity index (χ0) is 15.0. The van der Waals surface area contributed by atoms with Gasteiger partial charge in [-0.3, -0.25) is 0 Å². The second-order valence-electron chi connectivity index (χ2n) is 4.59. The van der Waals surface area contributed by atoms with E-state index in [2.05, 4.69) is 14.9 Å². The lowest BCUT2D eigenvalue weighted by atomic mass is 10.3. The fraction of sp³-hybridized carbons (Fsp3) is 0.308. The summed E-state index contributed by atoms with van der Waals surface area (Å²) >= 11 is 14.8. The Morgan fingerprint density at radius 2 is 2.33 bits per heavy atom. The van der Waals surface area contributed by atoms with Crippen LogP contribution in [0.4, 0.5) is 5.13 Å². The van der Waals surface area contributed by atoms with Crippen LogP contribution in [0, 0.1) is 10.7 Å². The van der Waals surface area contributed by atoms with Crippen molar-refractivity contribution in [2.24, 2.45) is 4.99 Å². The average Bonchev–Trinajstić information content (AvgIpc) is 3.04. The summed E-state index contributed by atoms with van der Waals surface area (Å²) in [5, 5.41) is 12.5. The maximum atomic E-state index is 8.89. The zero-order valence-corrected chi connectivity index (χ0v) is 14.2. The van der Waals surface area contributed by atoms with E-state index in [1.165, 1.54) is 11.3 Å². The first-order chi connectivity index (χ1) is 10.1. The number of thiocyanates is 1. The molecule has 0 spiro atoms. The normalized spacial score (nSPS) is 16.9. The fourth-order valence-electron chi connectivity index (χ4n) is 2.20. The molecule has 1 aromatic heterocycles. The molecule has 1 saturated heterocycles. The number of nitrogens with zero attached hydrogens (tertiary/aromatic N) is 4. The summed E-state index contributed by atoms with van der Waals surface area (Å²) in [4.78, 5) is 12.0. The zero-order valence-electron chi connectivity index (χ0n) is 11.1. The summed E-state index contributed by atoms with van der Waals surface area (Å²) in [6.45, 7) is 1.02. The molecule has 21 heavy (non-hydrogen) atoms. The van der Waals surface area contributed by atoms with Crippen LogP contribution in [0.5, 0.6) is 0 Å². The first kappa shape index (κ1) is 14.9. The molecule has 0 saturated carbocycles. The van der Waals surface area contributed by atoms with Gasteiger partial charge in [0.05, 0.1) is 25.2 Å². The molecule has 0 amide bonds. The highest BCUT2D eigenvalue weighted by atomic mass is 35.5. The van der Waals surface area contributed by atoms with Crippen molar-refractivity contribution in [2.45, 2.75) is 17.7 Å². The number of thioether (sulfide) groups is 1. The minimum atomic E-state index is 0.433. The van der Waals surface area contributed by atoms with Gasteiger partial charge in [-0.15, -0.1) is 0 Å². The molecule has 108 valence electrons. The van der Waals surface area contributed by atoms with Gasteiger partial charge in [0.2, 0.25) is 5.13 Å². The molecule has 1 aromatic carbocycles. The largest absolute Gasteiger partial charge is 0.363 e. The number of benzene rings is 1. The van der Waals surface area contributed by atoms with Crippen molar-refractivity contribution in [1.82, 2.24) is 9.88 Å². The first-order valence-corrected chi connectivity index (χ1v) is 8.62. The Kier molecular flexibility index (Phi) is 4.27. The van der Waals surface area contributed by atoms with Crippen LogP contribution in [0.1, 0.15) is 12.8 Å². The van der Waals surface area contributed by atoms with Gasteiger partial charge in [-0.2, -0.15) is 5.26 Å². The van der Waals surface area contributed by atoms with Gasteiger partial charge in [-0.05, 0) is 24.2 Å². The van der Waals surface area contributed by atoms with Crippen LogP contribution in [0.3, 0.4) is 0 Å². The first-order valence-electron chi connectivity index (χ1n) is 6.23. The van der Waals surface area contributed by atoms with Crippen LogP contribution in [0.25, 0.3) is 10.2 Å². The molecule has 8 heteroatoms. The quantitative estimate of drug-likeness (QED) is 0.565. The van der Waals surface area contributed by atoms with E-state index in [4.69, 9.17) is 28.5 Å². The standard InChI is InChI=1S/C13H10Cl2N4S2/c1-19-4-2-3-9(19)17-13-18-11-8(20-6-16)5-7(14)10(15)12(11)21-13/h5H,2-4H2,1H3/b17-9+. The van der Waals surface area contributed by atoms with Crippen LogP contribution in [-0.2, 0) is 0 Å². The Hall–Kier alpha value is -1.000. The number of fused-ring (bicyclic) bond motifs is 1. The van der Waals surface area contributed by atoms with E-state index in [0.717, 1.165) is 41.7 Å². The van der Waals surface area contributed by atoms with Crippen LogP contribution < -0.4 is 0 Å². The van der Waals surface area contributed by atoms with Gasteiger partial charge >= 0.3 is 0 Å². The monoisotopic (exact) mass is 356 g/mol. The Labute approximate surface area is 140 Å². The molecule has 0 aliphatic carbocycles. The average molecular weight is 357 g/mol. The van der Waals surface area contributed by atoms with Crippen molar-refractivity contribution >= 4 is 67.5 Å². The molecule has 0 N–H and O–H groups in total. The number of thiazole rings is 1. The van der Waals surface area contributed by atoms with Gasteiger partial charge in [-0.1, -0.05) is 34.5 Å². The minimum absolute atomic E-state index is 0.433. The summed E-state index contributed by atoms with van der Waals surface area (Å²) < 4.78 is 0.780. The molecule has 1 aliphatic heterocycles. The van der Waals surface area contributed by atoms with Gasteiger partial charge in [0.1, 0.15) is 11.2 Å². The summed E-state index contributed by atoms with van der Waals surface area (Å²) in [5.41, 5.74) is 0.695. The van der Waals surface area contributed by atoms with Crippen molar-refractivity contribution < 1.29 is 0 Å². The van der Waals surface area contributed by atoms with E-state index in [9.17, 15) is 0 Å². The van der Waals surface area contributed by atoms with E-state index in [0.29, 0.717) is 25.6 Å². The second-order valence-corrected chi connectivity index (χ2v) is 7.18. The SMILES string of the molecule is CN1CCC/C1=N\c1nc2c(SC#N)cc(Cl)c(Cl)c2s1. The van der Waals surface area contributed by atoms with Crippen LogP contribution in [0.15, 0.2) is 16.0 Å². The molecule has 2 heterocycles. The molecule has 3 rings (SSSR count). The smallest absolute Gasteiger partial charge is 0.212 e. The van der Waals surface area contributed by atoms with Crippen molar-refractivity contribution in [3.05, 3.63) is 16.1 Å². The Morgan fingerprint density at radius 1 is 1.52 bits per heavy atom. The van der Waals surface area contributed by atoms with Crippen LogP contribution in [0.2, 0.25) is 10.0 Å². The highest BCUT2D eigenvalue weighted by molar-refractivity contribution is 8.04. The predicted molar refractivity (Wildman–Crippen MR) is 90.1 cm³/mol. The van der Waals surface area contributed by atoms with Crippen LogP contribution in [-0.4, -0.2) is 29.3 Å². The van der Waals surface area contributed by atoms with Crippen molar-refractivity contribution in [2.75, 3.05) is 13.6 Å². The molecular weight excluding hydrogens is 347 g/mol. The third-order valence-corrected chi connectivity index (χ3v) is 5.72. The molecule has 4 nitrogen and oxygen atoms in total. The number of hydrogen-bond donors (Lipinski definition) is 0. The highest BCUT2D eigenvalue weighted by Crippen LogP contribution is 2.42. The van der Waals surface area contributed by atoms with E-state index < -0.39 is 0 Å². The van der Waals surface area contributed by atoms with Gasteiger partial charge in [0.25, 0.3) is 0 Å². The maximum Gasteiger partial charge on any atom is 0.212 e. The molecule has 2 aromatic rings. The number of hydrogen-bond acceptors (Lipinski definition) is 5. The summed E-state index contributed by atoms with van der Waals surface area (Å²) in [6.07, 6.45) is 2.07. The molecule has 1 aliphatic rings. The Bertz CT molecular complexity index is 779. The third kappa shape index (κ3) is 2.84.